The number of phenolic OH excluding ortho intramolecular Hbond substituents is 1. The number of hydrogen-bond donors (Lipinski definition) is 5. The van der Waals surface area contributed by atoms with Crippen molar-refractivity contribution in [3.05, 3.63) is 141 Å². The topological polar surface area (TPSA) is 162 Å². The van der Waals surface area contributed by atoms with E-state index in [0.29, 0.717) is 60.9 Å². The maximum atomic E-state index is 13.8. The number of aliphatic hydroxyl groups is 1. The van der Waals surface area contributed by atoms with Crippen LogP contribution in [0.25, 0.3) is 10.9 Å². The maximum Gasteiger partial charge on any atom is 0.408 e. The number of alkyl carbamates (subject to hydrolysis) is 1. The van der Waals surface area contributed by atoms with E-state index in [0.717, 1.165) is 93.3 Å². The van der Waals surface area contributed by atoms with Crippen molar-refractivity contribution in [1.29, 1.82) is 0 Å². The van der Waals surface area contributed by atoms with Crippen LogP contribution in [0.15, 0.2) is 108 Å². The minimum absolute atomic E-state index is 0.0465. The van der Waals surface area contributed by atoms with E-state index in [1.54, 1.807) is 12.1 Å². The van der Waals surface area contributed by atoms with Crippen LogP contribution >= 0.6 is 0 Å². The Labute approximate surface area is 362 Å². The number of unbranched alkanes of at least 4 members (excludes halogenated alkanes) is 1. The van der Waals surface area contributed by atoms with Gasteiger partial charge in [0.1, 0.15) is 24.2 Å². The molecule has 4 heterocycles. The van der Waals surface area contributed by atoms with Crippen molar-refractivity contribution < 1.29 is 34.0 Å². The molecule has 12 nitrogen and oxygen atoms in total. The van der Waals surface area contributed by atoms with Crippen LogP contribution in [0.5, 0.6) is 11.5 Å². The third kappa shape index (κ3) is 10.2. The molecule has 1 aromatic heterocycles. The number of fused-ring (bicyclic) bond motifs is 4. The molecule has 0 radical (unpaired) electrons. The summed E-state index contributed by atoms with van der Waals surface area (Å²) in [7, 11) is 0. The number of hydrogen-bond acceptors (Lipinski definition) is 10. The Kier molecular flexibility index (Phi) is 13.9. The normalized spacial score (nSPS) is 20.2. The number of rotatable bonds is 17. The lowest BCUT2D eigenvalue weighted by molar-refractivity contribution is -0.152. The zero-order chi connectivity index (χ0) is 42.9. The van der Waals surface area contributed by atoms with Crippen molar-refractivity contribution >= 4 is 23.0 Å². The van der Waals surface area contributed by atoms with Crippen LogP contribution in [0.2, 0.25) is 0 Å². The van der Waals surface area contributed by atoms with Crippen LogP contribution < -0.4 is 20.9 Å². The second-order valence-corrected chi connectivity index (χ2v) is 17.1. The number of H-pyrrole nitrogens is 1. The molecule has 1 aliphatic carbocycles. The molecule has 0 spiro atoms. The van der Waals surface area contributed by atoms with E-state index in [9.17, 15) is 24.6 Å². The monoisotopic (exact) mass is 842 g/mol. The minimum atomic E-state index is -0.837. The number of aliphatic hydroxyl groups excluding tert-OH is 1. The first-order valence-corrected chi connectivity index (χ1v) is 22.2. The number of carbonyl (C=O) groups is 2. The Morgan fingerprint density at radius 2 is 1.65 bits per heavy atom. The van der Waals surface area contributed by atoms with E-state index >= 15 is 0 Å². The average Bonchev–Trinajstić information content (AvgIpc) is 3.31. The molecule has 5 aromatic rings. The van der Waals surface area contributed by atoms with Gasteiger partial charge in [-0.3, -0.25) is 14.5 Å². The number of piperidine rings is 3. The molecule has 4 fully saturated rings. The fourth-order valence-corrected chi connectivity index (χ4v) is 9.53. The first-order chi connectivity index (χ1) is 30.3. The number of amides is 1. The van der Waals surface area contributed by atoms with Crippen molar-refractivity contribution in [2.24, 2.45) is 5.92 Å². The number of ether oxygens (including phenoxy) is 3. The molecule has 4 aromatic carbocycles. The van der Waals surface area contributed by atoms with Gasteiger partial charge in [-0.15, -0.1) is 0 Å². The van der Waals surface area contributed by atoms with Gasteiger partial charge >= 0.3 is 12.1 Å². The first kappa shape index (κ1) is 43.0. The standard InChI is InChI=1S/C50H58N4O8/c55-42-20-18-40(41-19-21-45(57)52-47(41)42)43(56)31-51-26-7-8-29-60-48(58)50(24-5-2-6-25-50)38-16-14-34(15-17-38)33-61-39-13-9-12-37(30-39)46(36-10-3-1-4-11-36)53-49(59)62-44-32-54-27-22-35(44)23-28-54/h1,3-4,9-21,30,35,43-44,46,51,55-56H,2,5-8,22-29,31-33H2,(H,52,57)(H,53,59)/t43-,44-,46?/m0/s1. The lowest BCUT2D eigenvalue weighted by Crippen LogP contribution is -2.52. The smallest absolute Gasteiger partial charge is 0.408 e. The number of esters is 1. The predicted octanol–water partition coefficient (Wildman–Crippen LogP) is 7.57. The number of aromatic amines is 1. The highest BCUT2D eigenvalue weighted by atomic mass is 16.6. The van der Waals surface area contributed by atoms with Gasteiger partial charge in [0, 0.05) is 24.5 Å². The summed E-state index contributed by atoms with van der Waals surface area (Å²) in [6, 6.07) is 31.6. The highest BCUT2D eigenvalue weighted by molar-refractivity contribution is 5.87. The second kappa shape index (κ2) is 20.0. The molecule has 3 saturated heterocycles. The third-order valence-electron chi connectivity index (χ3n) is 13.0. The zero-order valence-electron chi connectivity index (χ0n) is 35.2. The Hall–Kier alpha value is -5.69. The molecule has 2 bridgehead atoms. The van der Waals surface area contributed by atoms with Gasteiger partial charge in [0.15, 0.2) is 0 Å². The lowest BCUT2D eigenvalue weighted by Gasteiger charge is -2.43. The van der Waals surface area contributed by atoms with Crippen molar-refractivity contribution in [3.8, 4) is 11.5 Å². The summed E-state index contributed by atoms with van der Waals surface area (Å²) in [4.78, 5) is 43.9. The van der Waals surface area contributed by atoms with Crippen LogP contribution in [0.4, 0.5) is 4.79 Å². The molecule has 1 amide bonds. The van der Waals surface area contributed by atoms with Crippen molar-refractivity contribution in [1.82, 2.24) is 20.5 Å². The number of aromatic nitrogens is 1. The molecule has 326 valence electrons. The third-order valence-corrected chi connectivity index (χ3v) is 13.0. The van der Waals surface area contributed by atoms with E-state index in [-0.39, 0.29) is 23.4 Å². The predicted molar refractivity (Wildman–Crippen MR) is 237 cm³/mol. The number of phenols is 1. The van der Waals surface area contributed by atoms with Crippen LogP contribution in [-0.2, 0) is 26.3 Å². The molecule has 9 rings (SSSR count). The number of aromatic hydroxyl groups is 1. The molecular formula is C50H58N4O8. The van der Waals surface area contributed by atoms with Crippen LogP contribution in [-0.4, -0.2) is 77.6 Å². The Bertz CT molecular complexity index is 2340. The van der Waals surface area contributed by atoms with Gasteiger partial charge in [-0.2, -0.15) is 0 Å². The Morgan fingerprint density at radius 3 is 2.40 bits per heavy atom. The molecular weight excluding hydrogens is 785 g/mol. The molecule has 62 heavy (non-hydrogen) atoms. The summed E-state index contributed by atoms with van der Waals surface area (Å²) < 4.78 is 18.3. The largest absolute Gasteiger partial charge is 0.506 e. The fraction of sp³-hybridized carbons (Fsp3) is 0.420. The summed E-state index contributed by atoms with van der Waals surface area (Å²) in [5.74, 6) is 0.886. The lowest BCUT2D eigenvalue weighted by atomic mass is 9.69. The van der Waals surface area contributed by atoms with Crippen LogP contribution in [0.1, 0.15) is 97.8 Å². The second-order valence-electron chi connectivity index (χ2n) is 17.1. The molecule has 4 aliphatic rings. The molecule has 12 heteroatoms. The average molecular weight is 843 g/mol. The molecule has 3 aliphatic heterocycles. The molecule has 1 saturated carbocycles. The van der Waals surface area contributed by atoms with Gasteiger partial charge in [-0.05, 0) is 116 Å². The highest BCUT2D eigenvalue weighted by Crippen LogP contribution is 2.41. The van der Waals surface area contributed by atoms with Crippen molar-refractivity contribution in [3.63, 3.8) is 0 Å². The molecule has 5 N–H and O–H groups in total. The number of benzene rings is 4. The fourth-order valence-electron chi connectivity index (χ4n) is 9.53. The van der Waals surface area contributed by atoms with Gasteiger partial charge in [0.05, 0.1) is 29.7 Å². The van der Waals surface area contributed by atoms with Gasteiger partial charge in [-0.25, -0.2) is 4.79 Å². The number of pyridine rings is 1. The van der Waals surface area contributed by atoms with Gasteiger partial charge in [-0.1, -0.05) is 92.1 Å². The van der Waals surface area contributed by atoms with Crippen molar-refractivity contribution in [2.75, 3.05) is 39.3 Å². The van der Waals surface area contributed by atoms with E-state index in [1.807, 2.05) is 78.9 Å². The Balaban J connectivity index is 0.826. The molecule has 3 atom stereocenters. The van der Waals surface area contributed by atoms with Gasteiger partial charge in [0.25, 0.3) is 0 Å². The van der Waals surface area contributed by atoms with Gasteiger partial charge < -0.3 is 40.0 Å². The van der Waals surface area contributed by atoms with Crippen molar-refractivity contribution in [2.45, 2.75) is 88.1 Å². The molecule has 1 unspecified atom stereocenters. The zero-order valence-corrected chi connectivity index (χ0v) is 35.2. The summed E-state index contributed by atoms with van der Waals surface area (Å²) in [6.45, 7) is 4.53. The summed E-state index contributed by atoms with van der Waals surface area (Å²) in [5, 5.41) is 28.0. The van der Waals surface area contributed by atoms with Crippen LogP contribution in [0, 0.1) is 5.92 Å². The summed E-state index contributed by atoms with van der Waals surface area (Å²) in [5.41, 5.74) is 3.70. The number of nitrogens with zero attached hydrogens (tertiary/aromatic N) is 1. The number of carbonyl (C=O) groups excluding carboxylic acids is 2. The Morgan fingerprint density at radius 1 is 0.871 bits per heavy atom. The summed E-state index contributed by atoms with van der Waals surface area (Å²) in [6.07, 6.45) is 6.76. The van der Waals surface area contributed by atoms with E-state index in [1.165, 1.54) is 12.1 Å². The SMILES string of the molecule is O=C(NC(c1ccccc1)c1cccc(OCc2ccc(C3(C(=O)OCCCCNC[C@H](O)c4ccc(O)c5[nH]c(=O)ccc45)CCCCC3)cc2)c1)O[C@H]1CN2CCC1CC2. The van der Waals surface area contributed by atoms with Crippen LogP contribution in [0.3, 0.4) is 0 Å². The first-order valence-electron chi connectivity index (χ1n) is 22.2. The quantitative estimate of drug-likeness (QED) is 0.0467. The minimum Gasteiger partial charge on any atom is -0.506 e. The van der Waals surface area contributed by atoms with E-state index in [4.69, 9.17) is 14.2 Å². The number of nitrogens with one attached hydrogen (secondary N) is 3. The van der Waals surface area contributed by atoms with E-state index < -0.39 is 23.7 Å². The van der Waals surface area contributed by atoms with E-state index in [2.05, 4.69) is 20.5 Å². The highest BCUT2D eigenvalue weighted by Gasteiger charge is 2.42. The summed E-state index contributed by atoms with van der Waals surface area (Å²) >= 11 is 0. The maximum absolute atomic E-state index is 13.8. The van der Waals surface area contributed by atoms with Gasteiger partial charge in [0.2, 0.25) is 5.56 Å².